The van der Waals surface area contributed by atoms with Gasteiger partial charge in [-0.05, 0) is 29.8 Å². The summed E-state index contributed by atoms with van der Waals surface area (Å²) in [6.45, 7) is -0.243. The van der Waals surface area contributed by atoms with E-state index >= 15 is 0 Å². The molecule has 2 aromatic rings. The van der Waals surface area contributed by atoms with Crippen molar-refractivity contribution in [1.82, 2.24) is 0 Å². The van der Waals surface area contributed by atoms with Crippen LogP contribution in [0, 0.1) is 11.6 Å². The molecule has 0 radical (unpaired) electrons. The maximum absolute atomic E-state index is 13.9. The first-order valence-corrected chi connectivity index (χ1v) is 8.12. The number of hydrogen-bond donors (Lipinski definition) is 1. The highest BCUT2D eigenvalue weighted by Gasteiger charge is 2.39. The van der Waals surface area contributed by atoms with Crippen molar-refractivity contribution in [3.8, 4) is 0 Å². The molecule has 0 aromatic heterocycles. The van der Waals surface area contributed by atoms with Gasteiger partial charge in [-0.25, -0.2) is 17.2 Å². The summed E-state index contributed by atoms with van der Waals surface area (Å²) >= 11 is 0. The molecule has 1 aliphatic heterocycles. The summed E-state index contributed by atoms with van der Waals surface area (Å²) < 4.78 is 53.5. The van der Waals surface area contributed by atoms with E-state index in [1.54, 1.807) is 18.2 Å². The molecule has 120 valence electrons. The average Bonchev–Trinajstić information content (AvgIpc) is 2.90. The normalized spacial score (nSPS) is 17.1. The summed E-state index contributed by atoms with van der Waals surface area (Å²) in [5.41, 5.74) is 6.00. The van der Waals surface area contributed by atoms with Crippen LogP contribution in [0.3, 0.4) is 0 Å². The summed E-state index contributed by atoms with van der Waals surface area (Å²) in [7, 11) is -4.36. The maximum Gasteiger partial charge on any atom is 0.267 e. The van der Waals surface area contributed by atoms with Crippen molar-refractivity contribution in [3.05, 3.63) is 59.7 Å². The maximum atomic E-state index is 13.9. The number of fused-ring (bicyclic) bond motifs is 1. The minimum absolute atomic E-state index is 0.236. The molecule has 8 heteroatoms. The van der Waals surface area contributed by atoms with Gasteiger partial charge in [0.15, 0.2) is 0 Å². The van der Waals surface area contributed by atoms with Crippen LogP contribution in [0.15, 0.2) is 47.4 Å². The molecule has 5 nitrogen and oxygen atoms in total. The van der Waals surface area contributed by atoms with Crippen LogP contribution in [0.2, 0.25) is 0 Å². The Morgan fingerprint density at radius 2 is 1.87 bits per heavy atom. The Kier molecular flexibility index (Phi) is 3.56. The molecule has 2 aromatic carbocycles. The van der Waals surface area contributed by atoms with Crippen molar-refractivity contribution in [2.45, 2.75) is 10.8 Å². The van der Waals surface area contributed by atoms with E-state index in [2.05, 4.69) is 0 Å². The third-order valence-electron chi connectivity index (χ3n) is 3.73. The van der Waals surface area contributed by atoms with Crippen LogP contribution in [0.1, 0.15) is 11.5 Å². The zero-order valence-corrected chi connectivity index (χ0v) is 12.6. The number of primary amides is 1. The summed E-state index contributed by atoms with van der Waals surface area (Å²) in [6.07, 6.45) is 0. The third kappa shape index (κ3) is 2.44. The van der Waals surface area contributed by atoms with Crippen LogP contribution in [0.25, 0.3) is 0 Å². The number of carbonyl (C=O) groups excluding carboxylic acids is 1. The molecule has 1 atom stereocenters. The van der Waals surface area contributed by atoms with E-state index in [1.807, 2.05) is 0 Å². The minimum Gasteiger partial charge on any atom is -0.369 e. The topological polar surface area (TPSA) is 80.5 Å². The van der Waals surface area contributed by atoms with Gasteiger partial charge in [-0.3, -0.25) is 9.10 Å². The number of para-hydroxylation sites is 1. The van der Waals surface area contributed by atoms with Gasteiger partial charge in [0, 0.05) is 0 Å². The Morgan fingerprint density at radius 3 is 2.57 bits per heavy atom. The summed E-state index contributed by atoms with van der Waals surface area (Å²) in [5, 5.41) is 0. The van der Waals surface area contributed by atoms with Gasteiger partial charge in [0.1, 0.15) is 16.5 Å². The van der Waals surface area contributed by atoms with Crippen molar-refractivity contribution in [3.63, 3.8) is 0 Å². The zero-order chi connectivity index (χ0) is 16.8. The Hall–Kier alpha value is -2.48. The molecule has 1 aliphatic rings. The van der Waals surface area contributed by atoms with E-state index in [0.29, 0.717) is 11.6 Å². The van der Waals surface area contributed by atoms with Crippen molar-refractivity contribution >= 4 is 21.6 Å². The lowest BCUT2D eigenvalue weighted by Gasteiger charge is -2.20. The second kappa shape index (κ2) is 5.31. The van der Waals surface area contributed by atoms with Crippen molar-refractivity contribution in [2.24, 2.45) is 5.73 Å². The van der Waals surface area contributed by atoms with E-state index in [4.69, 9.17) is 5.73 Å². The fourth-order valence-corrected chi connectivity index (χ4v) is 4.22. The summed E-state index contributed by atoms with van der Waals surface area (Å²) in [6, 6.07) is 8.51. The number of rotatable bonds is 3. The molecule has 0 saturated carbocycles. The summed E-state index contributed by atoms with van der Waals surface area (Å²) in [5.74, 6) is -3.46. The number of benzene rings is 2. The van der Waals surface area contributed by atoms with Crippen LogP contribution in [-0.4, -0.2) is 20.9 Å². The molecule has 0 saturated heterocycles. The first kappa shape index (κ1) is 15.4. The second-order valence-electron chi connectivity index (χ2n) is 5.12. The monoisotopic (exact) mass is 338 g/mol. The highest BCUT2D eigenvalue weighted by Crippen LogP contribution is 2.39. The van der Waals surface area contributed by atoms with Gasteiger partial charge in [-0.2, -0.15) is 0 Å². The van der Waals surface area contributed by atoms with Crippen molar-refractivity contribution in [1.29, 1.82) is 0 Å². The Bertz CT molecular complexity index is 899. The Balaban J connectivity index is 2.15. The average molecular weight is 338 g/mol. The third-order valence-corrected chi connectivity index (χ3v) is 5.53. The van der Waals surface area contributed by atoms with Crippen LogP contribution >= 0.6 is 0 Å². The van der Waals surface area contributed by atoms with Crippen molar-refractivity contribution in [2.75, 3.05) is 10.8 Å². The number of sulfonamides is 1. The highest BCUT2D eigenvalue weighted by atomic mass is 32.2. The quantitative estimate of drug-likeness (QED) is 0.926. The molecular weight excluding hydrogens is 326 g/mol. The van der Waals surface area contributed by atoms with Crippen LogP contribution < -0.4 is 10.0 Å². The first-order chi connectivity index (χ1) is 10.8. The smallest absolute Gasteiger partial charge is 0.267 e. The predicted octanol–water partition coefficient (Wildman–Crippen LogP) is 1.74. The number of carbonyl (C=O) groups is 1. The minimum atomic E-state index is -4.36. The first-order valence-electron chi connectivity index (χ1n) is 6.68. The molecule has 2 N–H and O–H groups in total. The second-order valence-corrected chi connectivity index (χ2v) is 6.96. The van der Waals surface area contributed by atoms with Gasteiger partial charge in [0.25, 0.3) is 10.0 Å². The largest absolute Gasteiger partial charge is 0.369 e. The van der Waals surface area contributed by atoms with E-state index < -0.39 is 38.4 Å². The molecular formula is C15H12F2N2O3S. The number of anilines is 1. The number of nitrogens with two attached hydrogens (primary N) is 1. The predicted molar refractivity (Wildman–Crippen MR) is 79.3 cm³/mol. The molecule has 3 rings (SSSR count). The van der Waals surface area contributed by atoms with Crippen LogP contribution in [0.4, 0.5) is 14.5 Å². The van der Waals surface area contributed by atoms with Gasteiger partial charge in [-0.1, -0.05) is 18.2 Å². The van der Waals surface area contributed by atoms with Gasteiger partial charge >= 0.3 is 0 Å². The van der Waals surface area contributed by atoms with Gasteiger partial charge in [-0.15, -0.1) is 0 Å². The van der Waals surface area contributed by atoms with E-state index in [1.165, 1.54) is 6.07 Å². The lowest BCUT2D eigenvalue weighted by Crippen LogP contribution is -2.33. The zero-order valence-electron chi connectivity index (χ0n) is 11.7. The standard InChI is InChI=1S/C15H12F2N2O3S/c16-9-5-6-12(17)14(7-9)23(21,22)19-8-11(15(18)20)10-3-1-2-4-13(10)19/h1-7,11H,8H2,(H2,18,20)/t11-/m1/s1. The molecule has 1 heterocycles. The lowest BCUT2D eigenvalue weighted by molar-refractivity contribution is -0.119. The van der Waals surface area contributed by atoms with Gasteiger partial charge in [0.2, 0.25) is 5.91 Å². The summed E-state index contributed by atoms with van der Waals surface area (Å²) in [4.78, 5) is 10.8. The molecule has 0 aliphatic carbocycles. The Morgan fingerprint density at radius 1 is 1.17 bits per heavy atom. The SMILES string of the molecule is NC(=O)[C@@H]1CN(S(=O)(=O)c2cc(F)ccc2F)c2ccccc21. The lowest BCUT2D eigenvalue weighted by atomic mass is 10.0. The van der Waals surface area contributed by atoms with E-state index in [0.717, 1.165) is 16.4 Å². The molecule has 0 fully saturated rings. The number of halogens is 2. The fraction of sp³-hybridized carbons (Fsp3) is 0.133. The molecule has 0 bridgehead atoms. The molecule has 23 heavy (non-hydrogen) atoms. The molecule has 0 unspecified atom stereocenters. The van der Waals surface area contributed by atoms with E-state index in [-0.39, 0.29) is 12.2 Å². The molecule has 1 amide bonds. The van der Waals surface area contributed by atoms with Crippen molar-refractivity contribution < 1.29 is 22.0 Å². The van der Waals surface area contributed by atoms with Gasteiger partial charge in [0.05, 0.1) is 18.2 Å². The number of nitrogens with zero attached hydrogens (tertiary/aromatic N) is 1. The van der Waals surface area contributed by atoms with Crippen LogP contribution in [-0.2, 0) is 14.8 Å². The Labute approximate surface area is 131 Å². The van der Waals surface area contributed by atoms with Crippen LogP contribution in [0.5, 0.6) is 0 Å². The fourth-order valence-electron chi connectivity index (χ4n) is 2.64. The molecule has 0 spiro atoms. The van der Waals surface area contributed by atoms with Gasteiger partial charge < -0.3 is 5.73 Å². The highest BCUT2D eigenvalue weighted by molar-refractivity contribution is 7.92. The van der Waals surface area contributed by atoms with E-state index in [9.17, 15) is 22.0 Å². The number of amides is 1. The number of hydrogen-bond acceptors (Lipinski definition) is 3.